The topological polar surface area (TPSA) is 55.6 Å². The van der Waals surface area contributed by atoms with E-state index in [1.807, 2.05) is 35.2 Å². The quantitative estimate of drug-likeness (QED) is 0.793. The zero-order valence-corrected chi connectivity index (χ0v) is 15.2. The lowest BCUT2D eigenvalue weighted by molar-refractivity contribution is -0.132. The van der Waals surface area contributed by atoms with Gasteiger partial charge in [-0.05, 0) is 37.0 Å². The molecule has 0 unspecified atom stereocenters. The van der Waals surface area contributed by atoms with Gasteiger partial charge in [-0.1, -0.05) is 31.1 Å². The monoisotopic (exact) mass is 342 g/mol. The number of aromatic nitrogens is 1. The molecule has 134 valence electrons. The SMILES string of the molecule is COc1ccc(CCC(=O)N2CCC[C@H]2c2cc(C(C)C)on2)cc1. The summed E-state index contributed by atoms with van der Waals surface area (Å²) in [6, 6.07) is 9.95. The molecule has 1 atom stereocenters. The second-order valence-electron chi connectivity index (χ2n) is 6.90. The molecule has 2 heterocycles. The summed E-state index contributed by atoms with van der Waals surface area (Å²) >= 11 is 0. The summed E-state index contributed by atoms with van der Waals surface area (Å²) in [7, 11) is 1.65. The molecule has 0 radical (unpaired) electrons. The summed E-state index contributed by atoms with van der Waals surface area (Å²) in [5, 5.41) is 4.21. The van der Waals surface area contributed by atoms with E-state index in [4.69, 9.17) is 9.26 Å². The van der Waals surface area contributed by atoms with Crippen LogP contribution in [0, 0.1) is 0 Å². The minimum atomic E-state index is 0.0552. The van der Waals surface area contributed by atoms with Gasteiger partial charge in [-0.3, -0.25) is 4.79 Å². The van der Waals surface area contributed by atoms with Crippen molar-refractivity contribution in [3.8, 4) is 5.75 Å². The molecule has 5 heteroatoms. The van der Waals surface area contributed by atoms with Gasteiger partial charge in [-0.2, -0.15) is 0 Å². The minimum absolute atomic E-state index is 0.0552. The number of amides is 1. The smallest absolute Gasteiger partial charge is 0.223 e. The molecule has 1 fully saturated rings. The van der Waals surface area contributed by atoms with Gasteiger partial charge in [0.25, 0.3) is 0 Å². The lowest BCUT2D eigenvalue weighted by atomic mass is 10.1. The number of aryl methyl sites for hydroxylation is 1. The summed E-state index contributed by atoms with van der Waals surface area (Å²) in [6.45, 7) is 4.96. The molecule has 2 aromatic rings. The maximum absolute atomic E-state index is 12.7. The Bertz CT molecular complexity index is 706. The molecule has 5 nitrogen and oxygen atoms in total. The van der Waals surface area contributed by atoms with Crippen molar-refractivity contribution in [2.45, 2.75) is 51.5 Å². The number of carbonyl (C=O) groups excluding carboxylic acids is 1. The van der Waals surface area contributed by atoms with Crippen molar-refractivity contribution in [1.29, 1.82) is 0 Å². The third-order valence-electron chi connectivity index (χ3n) is 4.82. The summed E-state index contributed by atoms with van der Waals surface area (Å²) < 4.78 is 10.6. The fourth-order valence-corrected chi connectivity index (χ4v) is 3.29. The molecular formula is C20H26N2O3. The standard InChI is InChI=1S/C20H26N2O3/c1-14(2)19-13-17(21-25-19)18-5-4-12-22(18)20(23)11-8-15-6-9-16(24-3)10-7-15/h6-7,9-10,13-14,18H,4-5,8,11-12H2,1-3H3/t18-/m0/s1. The normalized spacial score (nSPS) is 17.3. The fraction of sp³-hybridized carbons (Fsp3) is 0.500. The Morgan fingerprint density at radius 2 is 2.12 bits per heavy atom. The van der Waals surface area contributed by atoms with Crippen LogP contribution in [0.15, 0.2) is 34.9 Å². The first-order valence-corrected chi connectivity index (χ1v) is 8.97. The molecule has 0 saturated carbocycles. The molecule has 1 amide bonds. The first-order chi connectivity index (χ1) is 12.1. The Morgan fingerprint density at radius 1 is 1.36 bits per heavy atom. The second kappa shape index (κ2) is 7.72. The van der Waals surface area contributed by atoms with Gasteiger partial charge in [0.05, 0.1) is 13.2 Å². The van der Waals surface area contributed by atoms with Crippen molar-refractivity contribution < 1.29 is 14.1 Å². The second-order valence-corrected chi connectivity index (χ2v) is 6.90. The van der Waals surface area contributed by atoms with Crippen LogP contribution in [0.3, 0.4) is 0 Å². The van der Waals surface area contributed by atoms with Crippen molar-refractivity contribution in [2.24, 2.45) is 0 Å². The van der Waals surface area contributed by atoms with Gasteiger partial charge < -0.3 is 14.2 Å². The number of nitrogens with zero attached hydrogens (tertiary/aromatic N) is 2. The molecule has 0 bridgehead atoms. The van der Waals surface area contributed by atoms with Crippen molar-refractivity contribution in [3.63, 3.8) is 0 Å². The van der Waals surface area contributed by atoms with Gasteiger partial charge in [0.2, 0.25) is 5.91 Å². The van der Waals surface area contributed by atoms with Crippen LogP contribution in [0.1, 0.15) is 62.1 Å². The van der Waals surface area contributed by atoms with Crippen LogP contribution in [-0.2, 0) is 11.2 Å². The van der Waals surface area contributed by atoms with E-state index in [2.05, 4.69) is 19.0 Å². The highest BCUT2D eigenvalue weighted by molar-refractivity contribution is 5.77. The van der Waals surface area contributed by atoms with E-state index in [1.165, 1.54) is 0 Å². The van der Waals surface area contributed by atoms with Gasteiger partial charge in [0, 0.05) is 24.9 Å². The third-order valence-corrected chi connectivity index (χ3v) is 4.82. The number of methoxy groups -OCH3 is 1. The average molecular weight is 342 g/mol. The van der Waals surface area contributed by atoms with Crippen LogP contribution in [0.25, 0.3) is 0 Å². The highest BCUT2D eigenvalue weighted by atomic mass is 16.5. The molecule has 0 N–H and O–H groups in total. The van der Waals surface area contributed by atoms with Crippen LogP contribution in [-0.4, -0.2) is 29.6 Å². The zero-order valence-electron chi connectivity index (χ0n) is 15.2. The maximum atomic E-state index is 12.7. The molecule has 0 spiro atoms. The number of benzene rings is 1. The van der Waals surface area contributed by atoms with E-state index in [0.717, 1.165) is 48.6 Å². The molecule has 3 rings (SSSR count). The number of rotatable bonds is 6. The van der Waals surface area contributed by atoms with E-state index in [9.17, 15) is 4.79 Å². The molecule has 1 aliphatic heterocycles. The highest BCUT2D eigenvalue weighted by Gasteiger charge is 2.32. The van der Waals surface area contributed by atoms with Gasteiger partial charge in [0.1, 0.15) is 17.2 Å². The van der Waals surface area contributed by atoms with Crippen LogP contribution in [0.2, 0.25) is 0 Å². The third kappa shape index (κ3) is 4.03. The van der Waals surface area contributed by atoms with Crippen molar-refractivity contribution in [1.82, 2.24) is 10.1 Å². The molecule has 1 saturated heterocycles. The Hall–Kier alpha value is -2.30. The summed E-state index contributed by atoms with van der Waals surface area (Å²) in [4.78, 5) is 14.7. The van der Waals surface area contributed by atoms with Gasteiger partial charge in [0.15, 0.2) is 0 Å². The Balaban J connectivity index is 1.61. The predicted molar refractivity (Wildman–Crippen MR) is 95.6 cm³/mol. The highest BCUT2D eigenvalue weighted by Crippen LogP contribution is 2.33. The Kier molecular flexibility index (Phi) is 5.41. The summed E-state index contributed by atoms with van der Waals surface area (Å²) in [5.74, 6) is 2.21. The van der Waals surface area contributed by atoms with E-state index in [1.54, 1.807) is 7.11 Å². The Morgan fingerprint density at radius 3 is 2.76 bits per heavy atom. The Labute approximate surface area is 148 Å². The van der Waals surface area contributed by atoms with Crippen molar-refractivity contribution in [3.05, 3.63) is 47.3 Å². The van der Waals surface area contributed by atoms with E-state index in [0.29, 0.717) is 12.3 Å². The summed E-state index contributed by atoms with van der Waals surface area (Å²) in [5.41, 5.74) is 2.03. The van der Waals surface area contributed by atoms with Crippen molar-refractivity contribution in [2.75, 3.05) is 13.7 Å². The molecule has 1 aromatic heterocycles. The first-order valence-electron chi connectivity index (χ1n) is 8.97. The number of hydrogen-bond donors (Lipinski definition) is 0. The number of hydrogen-bond acceptors (Lipinski definition) is 4. The van der Waals surface area contributed by atoms with Gasteiger partial charge in [-0.25, -0.2) is 0 Å². The molecule has 0 aliphatic carbocycles. The molecule has 25 heavy (non-hydrogen) atoms. The van der Waals surface area contributed by atoms with Gasteiger partial charge >= 0.3 is 0 Å². The molecule has 1 aromatic carbocycles. The molecule has 1 aliphatic rings. The largest absolute Gasteiger partial charge is 0.497 e. The lowest BCUT2D eigenvalue weighted by Gasteiger charge is -2.23. The number of ether oxygens (including phenoxy) is 1. The predicted octanol–water partition coefficient (Wildman–Crippen LogP) is 4.10. The van der Waals surface area contributed by atoms with E-state index < -0.39 is 0 Å². The minimum Gasteiger partial charge on any atom is -0.497 e. The summed E-state index contributed by atoms with van der Waals surface area (Å²) in [6.07, 6.45) is 3.22. The first kappa shape index (κ1) is 17.5. The lowest BCUT2D eigenvalue weighted by Crippen LogP contribution is -2.30. The van der Waals surface area contributed by atoms with E-state index in [-0.39, 0.29) is 11.9 Å². The fourth-order valence-electron chi connectivity index (χ4n) is 3.29. The van der Waals surface area contributed by atoms with Crippen LogP contribution >= 0.6 is 0 Å². The number of likely N-dealkylation sites (tertiary alicyclic amines) is 1. The molecular weight excluding hydrogens is 316 g/mol. The van der Waals surface area contributed by atoms with Crippen LogP contribution < -0.4 is 4.74 Å². The van der Waals surface area contributed by atoms with Crippen molar-refractivity contribution >= 4 is 5.91 Å². The van der Waals surface area contributed by atoms with Gasteiger partial charge in [-0.15, -0.1) is 0 Å². The average Bonchev–Trinajstić information content (AvgIpc) is 3.28. The number of carbonyl (C=O) groups is 1. The van der Waals surface area contributed by atoms with Crippen LogP contribution in [0.4, 0.5) is 0 Å². The van der Waals surface area contributed by atoms with E-state index >= 15 is 0 Å². The zero-order chi connectivity index (χ0) is 17.8. The van der Waals surface area contributed by atoms with Crippen LogP contribution in [0.5, 0.6) is 5.75 Å². The maximum Gasteiger partial charge on any atom is 0.223 e.